The molecule has 2 unspecified atom stereocenters. The molecule has 0 bridgehead atoms. The third kappa shape index (κ3) is 3.70. The monoisotopic (exact) mass is 281 g/mol. The third-order valence-electron chi connectivity index (χ3n) is 4.17. The van der Waals surface area contributed by atoms with Gasteiger partial charge in [-0.3, -0.25) is 0 Å². The van der Waals surface area contributed by atoms with E-state index in [0.717, 1.165) is 24.3 Å². The zero-order valence-electron chi connectivity index (χ0n) is 12.5. The molecule has 0 saturated heterocycles. The number of hydrogen-bond acceptors (Lipinski definition) is 3. The van der Waals surface area contributed by atoms with Gasteiger partial charge in [0.1, 0.15) is 12.0 Å². The van der Waals surface area contributed by atoms with E-state index in [0.29, 0.717) is 5.69 Å². The summed E-state index contributed by atoms with van der Waals surface area (Å²) in [7, 11) is 3.38. The first-order valence-electron chi connectivity index (χ1n) is 7.26. The van der Waals surface area contributed by atoms with E-state index in [1.165, 1.54) is 18.9 Å². The minimum absolute atomic E-state index is 0.219. The van der Waals surface area contributed by atoms with Crippen LogP contribution in [0.4, 0.5) is 10.1 Å². The van der Waals surface area contributed by atoms with Crippen molar-refractivity contribution in [3.05, 3.63) is 29.6 Å². The van der Waals surface area contributed by atoms with Crippen molar-refractivity contribution < 1.29 is 14.2 Å². The first-order chi connectivity index (χ1) is 9.52. The third-order valence-corrected chi connectivity index (χ3v) is 4.17. The molecule has 1 saturated carbocycles. The Hall–Kier alpha value is -1.13. The highest BCUT2D eigenvalue weighted by Gasteiger charge is 2.23. The summed E-state index contributed by atoms with van der Waals surface area (Å²) < 4.78 is 19.1. The van der Waals surface area contributed by atoms with E-state index in [4.69, 9.17) is 4.74 Å². The Bertz CT molecular complexity index is 448. The fourth-order valence-corrected chi connectivity index (χ4v) is 2.33. The summed E-state index contributed by atoms with van der Waals surface area (Å²) in [6, 6.07) is 4.81. The number of ether oxygens (including phenoxy) is 1. The Morgan fingerprint density at radius 1 is 1.45 bits per heavy atom. The van der Waals surface area contributed by atoms with Gasteiger partial charge in [-0.15, -0.1) is 0 Å². The number of halogens is 1. The predicted molar refractivity (Wildman–Crippen MR) is 78.2 cm³/mol. The zero-order valence-corrected chi connectivity index (χ0v) is 12.5. The lowest BCUT2D eigenvalue weighted by atomic mass is 10.0. The number of aliphatic hydroxyl groups is 1. The van der Waals surface area contributed by atoms with Gasteiger partial charge >= 0.3 is 0 Å². The van der Waals surface area contributed by atoms with Crippen LogP contribution >= 0.6 is 0 Å². The molecule has 0 amide bonds. The molecule has 0 radical (unpaired) electrons. The number of rotatable bonds is 7. The second-order valence-corrected chi connectivity index (χ2v) is 5.69. The van der Waals surface area contributed by atoms with Crippen LogP contribution in [-0.2, 0) is 4.74 Å². The van der Waals surface area contributed by atoms with Crippen molar-refractivity contribution in [2.24, 2.45) is 5.92 Å². The van der Waals surface area contributed by atoms with E-state index in [9.17, 15) is 9.50 Å². The molecular weight excluding hydrogens is 257 g/mol. The molecule has 1 aromatic rings. The Morgan fingerprint density at radius 3 is 2.75 bits per heavy atom. The number of methoxy groups -OCH3 is 1. The SMILES string of the molecule is COC(C)N(C)c1cc(C(O)CCC2CC2)ccc1F. The largest absolute Gasteiger partial charge is 0.388 e. The lowest BCUT2D eigenvalue weighted by molar-refractivity contribution is 0.118. The number of anilines is 1. The van der Waals surface area contributed by atoms with E-state index >= 15 is 0 Å². The highest BCUT2D eigenvalue weighted by molar-refractivity contribution is 5.50. The van der Waals surface area contributed by atoms with Crippen molar-refractivity contribution in [1.29, 1.82) is 0 Å². The molecule has 112 valence electrons. The molecule has 0 heterocycles. The Labute approximate surface area is 120 Å². The lowest BCUT2D eigenvalue weighted by Crippen LogP contribution is -2.31. The summed E-state index contributed by atoms with van der Waals surface area (Å²) in [5.41, 5.74) is 1.24. The van der Waals surface area contributed by atoms with E-state index in [-0.39, 0.29) is 12.0 Å². The van der Waals surface area contributed by atoms with Crippen LogP contribution in [0.5, 0.6) is 0 Å². The highest BCUT2D eigenvalue weighted by atomic mass is 19.1. The maximum absolute atomic E-state index is 13.9. The molecule has 0 aromatic heterocycles. The molecule has 20 heavy (non-hydrogen) atoms. The minimum atomic E-state index is -0.513. The molecule has 4 heteroatoms. The predicted octanol–water partition coefficient (Wildman–Crippen LogP) is 3.48. The maximum Gasteiger partial charge on any atom is 0.146 e. The van der Waals surface area contributed by atoms with Gasteiger partial charge in [0.15, 0.2) is 0 Å². The van der Waals surface area contributed by atoms with Gasteiger partial charge in [-0.05, 0) is 43.4 Å². The normalized spacial score (nSPS) is 17.9. The van der Waals surface area contributed by atoms with Gasteiger partial charge in [0.2, 0.25) is 0 Å². The molecule has 3 nitrogen and oxygen atoms in total. The number of aliphatic hydroxyl groups excluding tert-OH is 1. The van der Waals surface area contributed by atoms with Gasteiger partial charge < -0.3 is 14.7 Å². The molecule has 0 aliphatic heterocycles. The van der Waals surface area contributed by atoms with Gasteiger partial charge in [0, 0.05) is 14.2 Å². The van der Waals surface area contributed by atoms with E-state index in [1.807, 2.05) is 6.92 Å². The zero-order chi connectivity index (χ0) is 14.7. The van der Waals surface area contributed by atoms with Crippen molar-refractivity contribution in [2.75, 3.05) is 19.1 Å². The van der Waals surface area contributed by atoms with Gasteiger partial charge in [-0.25, -0.2) is 4.39 Å². The van der Waals surface area contributed by atoms with Crippen LogP contribution in [0.3, 0.4) is 0 Å². The minimum Gasteiger partial charge on any atom is -0.388 e. The van der Waals surface area contributed by atoms with Crippen LogP contribution in [-0.4, -0.2) is 25.5 Å². The van der Waals surface area contributed by atoms with Crippen LogP contribution in [0, 0.1) is 11.7 Å². The molecule has 2 rings (SSSR count). The van der Waals surface area contributed by atoms with Crippen LogP contribution in [0.1, 0.15) is 44.3 Å². The Morgan fingerprint density at radius 2 is 2.15 bits per heavy atom. The molecule has 1 aromatic carbocycles. The topological polar surface area (TPSA) is 32.7 Å². The van der Waals surface area contributed by atoms with E-state index in [1.54, 1.807) is 31.2 Å². The van der Waals surface area contributed by atoms with Gasteiger partial charge in [0.25, 0.3) is 0 Å². The van der Waals surface area contributed by atoms with Crippen molar-refractivity contribution >= 4 is 5.69 Å². The van der Waals surface area contributed by atoms with Crippen LogP contribution in [0.25, 0.3) is 0 Å². The summed E-state index contributed by atoms with van der Waals surface area (Å²) in [5, 5.41) is 10.2. The number of benzene rings is 1. The number of nitrogens with zero attached hydrogens (tertiary/aromatic N) is 1. The quantitative estimate of drug-likeness (QED) is 0.777. The molecule has 1 aliphatic carbocycles. The van der Waals surface area contributed by atoms with Crippen molar-refractivity contribution in [2.45, 2.75) is 44.9 Å². The number of hydrogen-bond donors (Lipinski definition) is 1. The molecule has 2 atom stereocenters. The van der Waals surface area contributed by atoms with Gasteiger partial charge in [0.05, 0.1) is 11.8 Å². The lowest BCUT2D eigenvalue weighted by Gasteiger charge is -2.27. The molecule has 0 spiro atoms. The standard InChI is InChI=1S/C16H24FNO2/c1-11(20-3)18(2)15-10-13(7-8-14(15)17)16(19)9-6-12-4-5-12/h7-8,10-12,16,19H,4-6,9H2,1-3H3. The smallest absolute Gasteiger partial charge is 0.146 e. The van der Waals surface area contributed by atoms with Crippen LogP contribution < -0.4 is 4.90 Å². The van der Waals surface area contributed by atoms with Crippen molar-refractivity contribution in [1.82, 2.24) is 0 Å². The second-order valence-electron chi connectivity index (χ2n) is 5.69. The summed E-state index contributed by atoms with van der Waals surface area (Å²) >= 11 is 0. The van der Waals surface area contributed by atoms with Gasteiger partial charge in [-0.2, -0.15) is 0 Å². The second kappa shape index (κ2) is 6.55. The summed E-state index contributed by atoms with van der Waals surface area (Å²) in [6.45, 7) is 1.86. The van der Waals surface area contributed by atoms with Gasteiger partial charge in [-0.1, -0.05) is 18.9 Å². The first-order valence-corrected chi connectivity index (χ1v) is 7.26. The summed E-state index contributed by atoms with van der Waals surface area (Å²) in [6.07, 6.45) is 3.65. The van der Waals surface area contributed by atoms with Crippen molar-refractivity contribution in [3.8, 4) is 0 Å². The average Bonchev–Trinajstić information content (AvgIpc) is 3.27. The summed E-state index contributed by atoms with van der Waals surface area (Å²) in [5.74, 6) is 0.496. The molecular formula is C16H24FNO2. The average molecular weight is 281 g/mol. The Kier molecular flexibility index (Phi) is 5.00. The molecule has 1 aliphatic rings. The molecule has 1 N–H and O–H groups in total. The van der Waals surface area contributed by atoms with Crippen LogP contribution in [0.2, 0.25) is 0 Å². The fraction of sp³-hybridized carbons (Fsp3) is 0.625. The van der Waals surface area contributed by atoms with E-state index in [2.05, 4.69) is 0 Å². The van der Waals surface area contributed by atoms with Crippen molar-refractivity contribution in [3.63, 3.8) is 0 Å². The summed E-state index contributed by atoms with van der Waals surface area (Å²) in [4.78, 5) is 1.73. The van der Waals surface area contributed by atoms with Crippen LogP contribution in [0.15, 0.2) is 18.2 Å². The van der Waals surface area contributed by atoms with E-state index < -0.39 is 6.10 Å². The first kappa shape index (κ1) is 15.3. The Balaban J connectivity index is 2.09. The highest BCUT2D eigenvalue weighted by Crippen LogP contribution is 2.36. The molecule has 1 fully saturated rings. The maximum atomic E-state index is 13.9. The fourth-order valence-electron chi connectivity index (χ4n) is 2.33.